The van der Waals surface area contributed by atoms with Gasteiger partial charge in [-0.1, -0.05) is 12.1 Å². The van der Waals surface area contributed by atoms with E-state index < -0.39 is 5.97 Å². The highest BCUT2D eigenvalue weighted by atomic mass is 19.1. The largest absolute Gasteiger partial charge is 0.465 e. The van der Waals surface area contributed by atoms with Crippen LogP contribution in [0.1, 0.15) is 10.4 Å². The lowest BCUT2D eigenvalue weighted by molar-refractivity contribution is 0.0601. The molecule has 0 fully saturated rings. The minimum atomic E-state index is -0.398. The number of hydrogen-bond acceptors (Lipinski definition) is 6. The highest BCUT2D eigenvalue weighted by molar-refractivity contribution is 5.89. The lowest BCUT2D eigenvalue weighted by atomic mass is 10.2. The van der Waals surface area contributed by atoms with Crippen LogP contribution in [0.25, 0.3) is 0 Å². The molecule has 0 spiro atoms. The molecule has 126 valence electrons. The van der Waals surface area contributed by atoms with E-state index in [4.69, 9.17) is 0 Å². The van der Waals surface area contributed by atoms with Gasteiger partial charge in [0.2, 0.25) is 5.95 Å². The minimum absolute atomic E-state index is 0.265. The number of rotatable bonds is 5. The zero-order valence-electron chi connectivity index (χ0n) is 13.4. The van der Waals surface area contributed by atoms with Crippen molar-refractivity contribution in [1.29, 1.82) is 0 Å². The van der Waals surface area contributed by atoms with Gasteiger partial charge in [-0.3, -0.25) is 0 Å². The van der Waals surface area contributed by atoms with Gasteiger partial charge >= 0.3 is 5.97 Å². The van der Waals surface area contributed by atoms with Gasteiger partial charge in [-0.2, -0.15) is 4.98 Å². The molecule has 0 amide bonds. The van der Waals surface area contributed by atoms with E-state index >= 15 is 0 Å². The van der Waals surface area contributed by atoms with Crippen molar-refractivity contribution in [3.63, 3.8) is 0 Å². The molecule has 0 aliphatic carbocycles. The van der Waals surface area contributed by atoms with Crippen molar-refractivity contribution >= 4 is 29.1 Å². The third-order valence-electron chi connectivity index (χ3n) is 3.35. The molecule has 2 aromatic carbocycles. The maximum Gasteiger partial charge on any atom is 0.337 e. The predicted molar refractivity (Wildman–Crippen MR) is 92.8 cm³/mol. The molecule has 6 nitrogen and oxygen atoms in total. The number of para-hydroxylation sites is 1. The quantitative estimate of drug-likeness (QED) is 0.687. The van der Waals surface area contributed by atoms with E-state index in [2.05, 4.69) is 25.3 Å². The number of carbonyl (C=O) groups excluding carboxylic acids is 1. The average molecular weight is 338 g/mol. The number of anilines is 4. The Morgan fingerprint density at radius 2 is 1.80 bits per heavy atom. The molecule has 0 unspecified atom stereocenters. The molecule has 1 aromatic heterocycles. The monoisotopic (exact) mass is 338 g/mol. The Kier molecular flexibility index (Phi) is 4.84. The van der Waals surface area contributed by atoms with Crippen molar-refractivity contribution < 1.29 is 13.9 Å². The van der Waals surface area contributed by atoms with Gasteiger partial charge in [0, 0.05) is 11.9 Å². The zero-order chi connectivity index (χ0) is 17.6. The normalized spacial score (nSPS) is 10.2. The summed E-state index contributed by atoms with van der Waals surface area (Å²) in [6.45, 7) is 0. The van der Waals surface area contributed by atoms with Gasteiger partial charge in [-0.25, -0.2) is 14.2 Å². The van der Waals surface area contributed by atoms with E-state index in [1.54, 1.807) is 54.7 Å². The smallest absolute Gasteiger partial charge is 0.337 e. The minimum Gasteiger partial charge on any atom is -0.465 e. The zero-order valence-corrected chi connectivity index (χ0v) is 13.4. The van der Waals surface area contributed by atoms with Gasteiger partial charge in [0.25, 0.3) is 0 Å². The number of nitrogens with one attached hydrogen (secondary N) is 2. The molecule has 0 saturated carbocycles. The molecule has 25 heavy (non-hydrogen) atoms. The summed E-state index contributed by atoms with van der Waals surface area (Å²) in [5.74, 6) is 0.00811. The van der Waals surface area contributed by atoms with Crippen LogP contribution in [-0.2, 0) is 4.74 Å². The maximum atomic E-state index is 13.7. The van der Waals surface area contributed by atoms with Gasteiger partial charge in [-0.15, -0.1) is 0 Å². The van der Waals surface area contributed by atoms with E-state index in [1.165, 1.54) is 13.2 Å². The molecule has 3 aromatic rings. The Morgan fingerprint density at radius 3 is 2.52 bits per heavy atom. The molecule has 0 radical (unpaired) electrons. The Morgan fingerprint density at radius 1 is 1.04 bits per heavy atom. The maximum absolute atomic E-state index is 13.7. The van der Waals surface area contributed by atoms with Crippen LogP contribution in [0, 0.1) is 5.82 Å². The Balaban J connectivity index is 1.73. The lowest BCUT2D eigenvalue weighted by Crippen LogP contribution is -2.02. The van der Waals surface area contributed by atoms with Crippen molar-refractivity contribution in [2.24, 2.45) is 0 Å². The first-order valence-corrected chi connectivity index (χ1v) is 7.46. The van der Waals surface area contributed by atoms with Crippen LogP contribution < -0.4 is 10.6 Å². The SMILES string of the molecule is COC(=O)c1ccc(Nc2ccnc(Nc3ccccc3F)n2)cc1. The fourth-order valence-electron chi connectivity index (χ4n) is 2.13. The molecule has 3 rings (SSSR count). The van der Waals surface area contributed by atoms with Crippen molar-refractivity contribution in [3.05, 3.63) is 72.2 Å². The van der Waals surface area contributed by atoms with E-state index in [0.29, 0.717) is 17.1 Å². The highest BCUT2D eigenvalue weighted by Crippen LogP contribution is 2.19. The molecule has 2 N–H and O–H groups in total. The van der Waals surface area contributed by atoms with Crippen LogP contribution in [0.15, 0.2) is 60.8 Å². The number of hydrogen-bond donors (Lipinski definition) is 2. The fraction of sp³-hybridized carbons (Fsp3) is 0.0556. The number of benzene rings is 2. The Labute approximate surface area is 143 Å². The first-order chi connectivity index (χ1) is 12.2. The predicted octanol–water partition coefficient (Wildman–Crippen LogP) is 3.89. The third kappa shape index (κ3) is 4.08. The number of esters is 1. The van der Waals surface area contributed by atoms with Crippen LogP contribution in [0.5, 0.6) is 0 Å². The van der Waals surface area contributed by atoms with E-state index in [9.17, 15) is 9.18 Å². The molecule has 0 bridgehead atoms. The molecule has 0 aliphatic rings. The van der Waals surface area contributed by atoms with Crippen LogP contribution in [-0.4, -0.2) is 23.0 Å². The van der Waals surface area contributed by atoms with Crippen LogP contribution in [0.3, 0.4) is 0 Å². The summed E-state index contributed by atoms with van der Waals surface area (Å²) in [7, 11) is 1.33. The second-order valence-corrected chi connectivity index (χ2v) is 5.06. The molecule has 0 atom stereocenters. The van der Waals surface area contributed by atoms with Gasteiger partial charge in [0.05, 0.1) is 18.4 Å². The van der Waals surface area contributed by atoms with Gasteiger partial charge in [0.15, 0.2) is 0 Å². The molecule has 0 aliphatic heterocycles. The van der Waals surface area contributed by atoms with Gasteiger partial charge in [0.1, 0.15) is 11.6 Å². The summed E-state index contributed by atoms with van der Waals surface area (Å²) in [6.07, 6.45) is 1.56. The number of ether oxygens (including phenoxy) is 1. The number of carbonyl (C=O) groups is 1. The van der Waals surface area contributed by atoms with E-state index in [-0.39, 0.29) is 11.8 Å². The molecular formula is C18H15FN4O2. The summed E-state index contributed by atoms with van der Waals surface area (Å²) in [5, 5.41) is 5.92. The van der Waals surface area contributed by atoms with Gasteiger partial charge < -0.3 is 15.4 Å². The topological polar surface area (TPSA) is 76.1 Å². The summed E-state index contributed by atoms with van der Waals surface area (Å²) in [5.41, 5.74) is 1.49. The summed E-state index contributed by atoms with van der Waals surface area (Å²) < 4.78 is 18.3. The van der Waals surface area contributed by atoms with Crippen molar-refractivity contribution in [1.82, 2.24) is 9.97 Å². The van der Waals surface area contributed by atoms with Crippen LogP contribution >= 0.6 is 0 Å². The number of methoxy groups -OCH3 is 1. The highest BCUT2D eigenvalue weighted by Gasteiger charge is 2.06. The standard InChI is InChI=1S/C18H15FN4O2/c1-25-17(24)12-6-8-13(9-7-12)21-16-10-11-20-18(23-16)22-15-5-3-2-4-14(15)19/h2-11H,1H3,(H2,20,21,22,23). The second kappa shape index (κ2) is 7.39. The summed E-state index contributed by atoms with van der Waals surface area (Å²) >= 11 is 0. The Hall–Kier alpha value is -3.48. The van der Waals surface area contributed by atoms with Crippen LogP contribution in [0.2, 0.25) is 0 Å². The van der Waals surface area contributed by atoms with Crippen molar-refractivity contribution in [2.75, 3.05) is 17.7 Å². The van der Waals surface area contributed by atoms with E-state index in [0.717, 1.165) is 5.69 Å². The number of halogens is 1. The molecule has 1 heterocycles. The van der Waals surface area contributed by atoms with Crippen LogP contribution in [0.4, 0.5) is 27.5 Å². The third-order valence-corrected chi connectivity index (χ3v) is 3.35. The first kappa shape index (κ1) is 16.4. The Bertz CT molecular complexity index is 884. The second-order valence-electron chi connectivity index (χ2n) is 5.06. The molecule has 7 heteroatoms. The summed E-state index contributed by atoms with van der Waals surface area (Å²) in [6, 6.07) is 14.7. The van der Waals surface area contributed by atoms with Gasteiger partial charge in [-0.05, 0) is 42.5 Å². The summed E-state index contributed by atoms with van der Waals surface area (Å²) in [4.78, 5) is 19.8. The van der Waals surface area contributed by atoms with Crippen molar-refractivity contribution in [2.45, 2.75) is 0 Å². The lowest BCUT2D eigenvalue weighted by Gasteiger charge is -2.09. The molecule has 0 saturated heterocycles. The number of nitrogens with zero attached hydrogens (tertiary/aromatic N) is 2. The van der Waals surface area contributed by atoms with E-state index in [1.807, 2.05) is 0 Å². The number of aromatic nitrogens is 2. The van der Waals surface area contributed by atoms with Crippen molar-refractivity contribution in [3.8, 4) is 0 Å². The fourth-order valence-corrected chi connectivity index (χ4v) is 2.13. The average Bonchev–Trinajstić information content (AvgIpc) is 2.64. The molecular weight excluding hydrogens is 323 g/mol. The first-order valence-electron chi connectivity index (χ1n) is 7.46.